The van der Waals surface area contributed by atoms with Crippen molar-refractivity contribution >= 4 is 73.0 Å². The SMILES string of the molecule is C=C(C)C(=O)OCC(C)(C)C.C=C(C)C(=O)OCC(C)(C)COC(=O)C(C)C.C=C(C)C(=O)OCC(C)(COC(=O)C(=C)C)COC(=O)C(=C)C.II. The lowest BCUT2D eigenvalue weighted by atomic mass is 9.94. The van der Waals surface area contributed by atoms with Crippen LogP contribution in [0.1, 0.15) is 90.0 Å². The Balaban J connectivity index is -0.000000352. The minimum atomic E-state index is -0.901. The van der Waals surface area contributed by atoms with Gasteiger partial charge in [0.05, 0.1) is 31.2 Å². The Kier molecular flexibility index (Phi) is 30.4. The van der Waals surface area contributed by atoms with Crippen LogP contribution in [0.3, 0.4) is 0 Å². The van der Waals surface area contributed by atoms with Gasteiger partial charge in [-0.2, -0.15) is 0 Å². The molecule has 0 fully saturated rings. The van der Waals surface area contributed by atoms with Gasteiger partial charge in [-0.25, -0.2) is 24.0 Å². The molecule has 304 valence electrons. The normalized spacial score (nSPS) is 10.5. The molecule has 0 heterocycles. The molecule has 14 heteroatoms. The molecule has 0 rings (SSSR count). The summed E-state index contributed by atoms with van der Waals surface area (Å²) < 4.78 is 30.3. The summed E-state index contributed by atoms with van der Waals surface area (Å²) >= 11 is 4.24. The number of rotatable bonds is 17. The minimum absolute atomic E-state index is 0.0328. The van der Waals surface area contributed by atoms with E-state index in [1.165, 1.54) is 20.8 Å². The van der Waals surface area contributed by atoms with Crippen LogP contribution in [0.25, 0.3) is 0 Å². The maximum atomic E-state index is 11.5. The van der Waals surface area contributed by atoms with Crippen molar-refractivity contribution in [3.63, 3.8) is 0 Å². The van der Waals surface area contributed by atoms with E-state index in [-0.39, 0.29) is 73.0 Å². The van der Waals surface area contributed by atoms with Gasteiger partial charge >= 0.3 is 35.8 Å². The van der Waals surface area contributed by atoms with Gasteiger partial charge in [0, 0.05) is 70.5 Å². The van der Waals surface area contributed by atoms with Crippen molar-refractivity contribution in [2.45, 2.75) is 90.0 Å². The van der Waals surface area contributed by atoms with Gasteiger partial charge in [-0.05, 0) is 47.0 Å². The van der Waals surface area contributed by atoms with E-state index in [0.717, 1.165) is 0 Å². The molecule has 0 amide bonds. The van der Waals surface area contributed by atoms with E-state index in [2.05, 4.69) is 70.1 Å². The van der Waals surface area contributed by atoms with Gasteiger partial charge in [-0.3, -0.25) is 4.79 Å². The second-order valence-electron chi connectivity index (χ2n) is 15.1. The van der Waals surface area contributed by atoms with Gasteiger partial charge in [0.25, 0.3) is 0 Å². The molecule has 0 atom stereocenters. The first-order chi connectivity index (χ1) is 24.0. The van der Waals surface area contributed by atoms with E-state index in [1.807, 2.05) is 34.6 Å². The fraction of sp³-hybridized carbons (Fsp3) is 0.590. The summed E-state index contributed by atoms with van der Waals surface area (Å²) in [6.07, 6.45) is 0. The molecule has 0 aliphatic heterocycles. The summed E-state index contributed by atoms with van der Waals surface area (Å²) in [5, 5.41) is 0. The van der Waals surface area contributed by atoms with Gasteiger partial charge in [-0.15, -0.1) is 0 Å². The number of carbonyl (C=O) groups excluding carboxylic acids is 6. The zero-order chi connectivity index (χ0) is 42.9. The van der Waals surface area contributed by atoms with E-state index in [9.17, 15) is 28.8 Å². The van der Waals surface area contributed by atoms with Gasteiger partial charge in [-0.1, -0.05) is 81.4 Å². The number of hydrogen-bond acceptors (Lipinski definition) is 12. The molecule has 0 aliphatic carbocycles. The molecule has 0 aromatic carbocycles. The molecule has 0 aromatic rings. The van der Waals surface area contributed by atoms with Crippen LogP contribution in [0, 0.1) is 22.2 Å². The number of hydrogen-bond donors (Lipinski definition) is 0. The fourth-order valence-electron chi connectivity index (χ4n) is 2.48. The van der Waals surface area contributed by atoms with Crippen LogP contribution in [0.15, 0.2) is 60.8 Å². The molecule has 12 nitrogen and oxygen atoms in total. The highest BCUT2D eigenvalue weighted by Crippen LogP contribution is 2.21. The Bertz CT molecular complexity index is 1230. The predicted molar refractivity (Wildman–Crippen MR) is 224 cm³/mol. The van der Waals surface area contributed by atoms with Crippen molar-refractivity contribution < 1.29 is 57.2 Å². The summed E-state index contributed by atoms with van der Waals surface area (Å²) in [4.78, 5) is 67.9. The number of ether oxygens (including phenoxy) is 6. The zero-order valence-electron chi connectivity index (χ0n) is 34.0. The first-order valence-electron chi connectivity index (χ1n) is 16.4. The minimum Gasteiger partial charge on any atom is -0.465 e. The molecule has 0 unspecified atom stereocenters. The van der Waals surface area contributed by atoms with Crippen molar-refractivity contribution in [3.05, 3.63) is 60.8 Å². The van der Waals surface area contributed by atoms with Crippen LogP contribution in [0.4, 0.5) is 0 Å². The highest BCUT2D eigenvalue weighted by atomic mass is 128. The molecule has 53 heavy (non-hydrogen) atoms. The van der Waals surface area contributed by atoms with Crippen molar-refractivity contribution in [2.24, 2.45) is 22.2 Å². The number of esters is 6. The zero-order valence-corrected chi connectivity index (χ0v) is 38.3. The smallest absolute Gasteiger partial charge is 0.333 e. The molecule has 0 saturated heterocycles. The molecule has 0 aliphatic rings. The topological polar surface area (TPSA) is 158 Å². The van der Waals surface area contributed by atoms with Gasteiger partial charge < -0.3 is 28.4 Å². The Morgan fingerprint density at radius 1 is 0.453 bits per heavy atom. The van der Waals surface area contributed by atoms with Gasteiger partial charge in [0.15, 0.2) is 0 Å². The lowest BCUT2D eigenvalue weighted by Crippen LogP contribution is -2.37. The average molecular weight is 977 g/mol. The Morgan fingerprint density at radius 3 is 0.906 bits per heavy atom. The second kappa shape index (κ2) is 28.4. The van der Waals surface area contributed by atoms with Gasteiger partial charge in [0.1, 0.15) is 19.8 Å². The molecule has 0 saturated carbocycles. The van der Waals surface area contributed by atoms with E-state index < -0.39 is 34.7 Å². The number of carbonyl (C=O) groups is 6. The first kappa shape index (κ1) is 56.7. The van der Waals surface area contributed by atoms with E-state index in [1.54, 1.807) is 34.6 Å². The molecule has 0 aromatic heterocycles. The van der Waals surface area contributed by atoms with E-state index in [4.69, 9.17) is 28.4 Å². The van der Waals surface area contributed by atoms with Crippen molar-refractivity contribution in [1.29, 1.82) is 0 Å². The highest BCUT2D eigenvalue weighted by molar-refractivity contribution is 15.0. The van der Waals surface area contributed by atoms with Crippen molar-refractivity contribution in [3.8, 4) is 0 Å². The predicted octanol–water partition coefficient (Wildman–Crippen LogP) is 8.60. The third-order valence-corrected chi connectivity index (χ3v) is 5.70. The Labute approximate surface area is 340 Å². The maximum Gasteiger partial charge on any atom is 0.333 e. The largest absolute Gasteiger partial charge is 0.465 e. The fourth-order valence-corrected chi connectivity index (χ4v) is 2.48. The second-order valence-corrected chi connectivity index (χ2v) is 15.1. The Hall–Kier alpha value is -3.02. The first-order valence-corrected chi connectivity index (χ1v) is 22.7. The molecule has 0 bridgehead atoms. The maximum absolute atomic E-state index is 11.5. The van der Waals surface area contributed by atoms with Crippen LogP contribution < -0.4 is 0 Å². The monoisotopic (exact) mass is 976 g/mol. The summed E-state index contributed by atoms with van der Waals surface area (Å²) in [5.41, 5.74) is 0.275. The lowest BCUT2D eigenvalue weighted by Gasteiger charge is -2.28. The molecular weight excluding hydrogens is 914 g/mol. The summed E-state index contributed by atoms with van der Waals surface area (Å²) in [6.45, 7) is 40.7. The van der Waals surface area contributed by atoms with E-state index >= 15 is 0 Å². The molecule has 0 radical (unpaired) electrons. The van der Waals surface area contributed by atoms with Crippen LogP contribution in [0.2, 0.25) is 0 Å². The van der Waals surface area contributed by atoms with Crippen molar-refractivity contribution in [1.82, 2.24) is 0 Å². The third-order valence-electron chi connectivity index (χ3n) is 5.70. The highest BCUT2D eigenvalue weighted by Gasteiger charge is 2.31. The molecule has 0 spiro atoms. The molecule has 0 N–H and O–H groups in total. The van der Waals surface area contributed by atoms with Gasteiger partial charge in [0.2, 0.25) is 0 Å². The van der Waals surface area contributed by atoms with Crippen LogP contribution >= 0.6 is 37.2 Å². The standard InChI is InChI=1S/C17H24O6.C13H22O4.C9H16O2.I2/c1-11(2)14(18)21-8-17(7,9-22-15(19)12(3)4)10-23-16(20)13(5)6;1-9(2)11(14)16-7-13(5,6)8-17-12(15)10(3)4;1-7(2)8(10)11-6-9(3,4)5;1-2/h1,3,5,8-10H2,2,4,6-7H3;10H,1,7-8H2,2-6H3;1,6H2,2-5H3;. The lowest BCUT2D eigenvalue weighted by molar-refractivity contribution is -0.156. The van der Waals surface area contributed by atoms with Crippen LogP contribution in [-0.2, 0) is 57.2 Å². The third kappa shape index (κ3) is 33.3. The number of halogens is 2. The quantitative estimate of drug-likeness (QED) is 0.0593. The van der Waals surface area contributed by atoms with Crippen LogP contribution in [0.5, 0.6) is 0 Å². The van der Waals surface area contributed by atoms with E-state index in [0.29, 0.717) is 17.8 Å². The van der Waals surface area contributed by atoms with Crippen molar-refractivity contribution in [2.75, 3.05) is 39.6 Å². The summed E-state index contributed by atoms with van der Waals surface area (Å²) in [6, 6.07) is 0. The Morgan fingerprint density at radius 2 is 0.679 bits per heavy atom. The summed E-state index contributed by atoms with van der Waals surface area (Å²) in [5.74, 6) is -2.85. The molecular formula is C39H62I2O12. The van der Waals surface area contributed by atoms with Crippen LogP contribution in [-0.4, -0.2) is 75.5 Å². The summed E-state index contributed by atoms with van der Waals surface area (Å²) in [7, 11) is 0. The average Bonchev–Trinajstić information content (AvgIpc) is 3.06.